The van der Waals surface area contributed by atoms with Crippen LogP contribution in [0.3, 0.4) is 0 Å². The van der Waals surface area contributed by atoms with E-state index in [9.17, 15) is 9.59 Å². The topological polar surface area (TPSA) is 108 Å². The van der Waals surface area contributed by atoms with Gasteiger partial charge in [0.05, 0.1) is 11.4 Å². The molecule has 10 heteroatoms. The molecule has 2 rings (SSSR count). The summed E-state index contributed by atoms with van der Waals surface area (Å²) in [5.41, 5.74) is 8.31. The predicted octanol–water partition coefficient (Wildman–Crippen LogP) is 5.14. The zero-order chi connectivity index (χ0) is 24.5. The molecular weight excluding hydrogens is 483 g/mol. The molecule has 0 aliphatic carbocycles. The van der Waals surface area contributed by atoms with E-state index in [-0.39, 0.29) is 28.9 Å². The summed E-state index contributed by atoms with van der Waals surface area (Å²) < 4.78 is 0. The number of nitrogens with one attached hydrogen (secondary N) is 1. The molecule has 0 heterocycles. The minimum absolute atomic E-state index is 0.0126. The molecule has 0 bridgehead atoms. The minimum Gasteiger partial charge on any atom is -0.481 e. The van der Waals surface area contributed by atoms with Crippen LogP contribution in [-0.4, -0.2) is 41.1 Å². The van der Waals surface area contributed by atoms with Crippen LogP contribution in [0.1, 0.15) is 22.3 Å². The maximum atomic E-state index is 12.3. The molecule has 174 valence electrons. The van der Waals surface area contributed by atoms with Gasteiger partial charge in [0.1, 0.15) is 11.0 Å². The molecule has 0 aliphatic rings. The summed E-state index contributed by atoms with van der Waals surface area (Å²) in [6.45, 7) is 3.87. The number of carbonyl (C=O) groups is 2. The highest BCUT2D eigenvalue weighted by atomic mass is 35.5. The fraction of sp³-hybridized carbons (Fsp3) is 0.174. The van der Waals surface area contributed by atoms with Gasteiger partial charge in [-0.25, -0.2) is 4.99 Å². The molecule has 0 aromatic heterocycles. The number of nitrogens with two attached hydrogens (primary N) is 1. The molecular formula is C23H24Cl2N4O3S. The SMILES string of the molecule is C=C(/N=C(Cl)\C(CC(=O)O)=C(/N)N(C)C)SCc1ccc(NC(=O)c2ccc(Cl)cc2)cc1. The Bertz CT molecular complexity index is 1080. The van der Waals surface area contributed by atoms with E-state index in [1.807, 2.05) is 12.1 Å². The predicted molar refractivity (Wildman–Crippen MR) is 137 cm³/mol. The summed E-state index contributed by atoms with van der Waals surface area (Å²) in [6.07, 6.45) is -0.354. The Morgan fingerprint density at radius 2 is 1.76 bits per heavy atom. The van der Waals surface area contributed by atoms with Crippen LogP contribution >= 0.6 is 35.0 Å². The van der Waals surface area contributed by atoms with Crippen molar-refractivity contribution in [2.45, 2.75) is 12.2 Å². The molecule has 0 saturated carbocycles. The summed E-state index contributed by atoms with van der Waals surface area (Å²) in [5.74, 6) is -0.516. The number of thioether (sulfide) groups is 1. The van der Waals surface area contributed by atoms with Crippen LogP contribution < -0.4 is 11.1 Å². The summed E-state index contributed by atoms with van der Waals surface area (Å²) in [6, 6.07) is 14.0. The summed E-state index contributed by atoms with van der Waals surface area (Å²) in [4.78, 5) is 29.2. The molecule has 0 radical (unpaired) electrons. The van der Waals surface area contributed by atoms with Crippen LogP contribution in [0.5, 0.6) is 0 Å². The molecule has 4 N–H and O–H groups in total. The number of halogens is 2. The van der Waals surface area contributed by atoms with Crippen molar-refractivity contribution in [1.82, 2.24) is 4.90 Å². The molecule has 0 fully saturated rings. The van der Waals surface area contributed by atoms with E-state index in [1.54, 1.807) is 55.4 Å². The molecule has 1 amide bonds. The zero-order valence-corrected chi connectivity index (χ0v) is 20.5. The van der Waals surface area contributed by atoms with E-state index >= 15 is 0 Å². The molecule has 0 aliphatic heterocycles. The molecule has 0 unspecified atom stereocenters. The van der Waals surface area contributed by atoms with Gasteiger partial charge in [-0.2, -0.15) is 0 Å². The van der Waals surface area contributed by atoms with E-state index in [1.165, 1.54) is 11.8 Å². The quantitative estimate of drug-likeness (QED) is 0.385. The van der Waals surface area contributed by atoms with Crippen LogP contribution in [0, 0.1) is 0 Å². The van der Waals surface area contributed by atoms with E-state index in [2.05, 4.69) is 16.9 Å². The van der Waals surface area contributed by atoms with Gasteiger partial charge in [0.25, 0.3) is 5.91 Å². The first-order chi connectivity index (χ1) is 15.6. The van der Waals surface area contributed by atoms with Crippen LogP contribution in [0.25, 0.3) is 0 Å². The third-order valence-corrected chi connectivity index (χ3v) is 5.78. The van der Waals surface area contributed by atoms with Gasteiger partial charge in [-0.15, -0.1) is 11.8 Å². The van der Waals surface area contributed by atoms with Crippen molar-refractivity contribution in [3.63, 3.8) is 0 Å². The van der Waals surface area contributed by atoms with Gasteiger partial charge in [0.15, 0.2) is 0 Å². The highest BCUT2D eigenvalue weighted by Crippen LogP contribution is 2.24. The highest BCUT2D eigenvalue weighted by molar-refractivity contribution is 8.02. The lowest BCUT2D eigenvalue weighted by Crippen LogP contribution is -2.24. The lowest BCUT2D eigenvalue weighted by molar-refractivity contribution is -0.136. The van der Waals surface area contributed by atoms with Crippen LogP contribution in [0.2, 0.25) is 5.02 Å². The number of hydrogen-bond acceptors (Lipinski definition) is 6. The van der Waals surface area contributed by atoms with Crippen molar-refractivity contribution < 1.29 is 14.7 Å². The second-order valence-electron chi connectivity index (χ2n) is 7.07. The Hall–Kier alpha value is -2.94. The van der Waals surface area contributed by atoms with Gasteiger partial charge in [-0.1, -0.05) is 41.9 Å². The van der Waals surface area contributed by atoms with Crippen LogP contribution in [-0.2, 0) is 10.5 Å². The Kier molecular flexibility index (Phi) is 9.84. The second-order valence-corrected chi connectivity index (χ2v) is 8.91. The number of anilines is 1. The third-order valence-electron chi connectivity index (χ3n) is 4.31. The first-order valence-corrected chi connectivity index (χ1v) is 11.4. The molecule has 2 aromatic rings. The van der Waals surface area contributed by atoms with Crippen LogP contribution in [0.15, 0.2) is 76.5 Å². The molecule has 7 nitrogen and oxygen atoms in total. The number of carboxylic acids is 1. The van der Waals surface area contributed by atoms with Crippen molar-refractivity contribution >= 4 is 57.7 Å². The number of hydrogen-bond donors (Lipinski definition) is 3. The molecule has 0 spiro atoms. The number of nitrogens with zero attached hydrogens (tertiary/aromatic N) is 2. The van der Waals surface area contributed by atoms with E-state index in [0.717, 1.165) is 5.56 Å². The Morgan fingerprint density at radius 3 is 2.30 bits per heavy atom. The standard InChI is InChI=1S/C23H24Cl2N4O3S/c1-14(27-21(25)19(12-20(30)31)22(26)29(2)3)33-13-15-4-10-18(11-5-15)28-23(32)16-6-8-17(24)9-7-16/h4-11H,1,12-13,26H2,2-3H3,(H,28,32)(H,30,31)/b22-19+,27-21+. The van der Waals surface area contributed by atoms with Gasteiger partial charge < -0.3 is 21.1 Å². The van der Waals surface area contributed by atoms with Crippen molar-refractivity contribution in [3.8, 4) is 0 Å². The Balaban J connectivity index is 1.98. The molecule has 2 aromatic carbocycles. The van der Waals surface area contributed by atoms with E-state index in [0.29, 0.717) is 27.1 Å². The first-order valence-electron chi connectivity index (χ1n) is 9.66. The Labute approximate surface area is 207 Å². The number of carboxylic acid groups (broad SMARTS) is 1. The van der Waals surface area contributed by atoms with Gasteiger partial charge in [-0.3, -0.25) is 9.59 Å². The van der Waals surface area contributed by atoms with Crippen LogP contribution in [0.4, 0.5) is 5.69 Å². The van der Waals surface area contributed by atoms with Gasteiger partial charge in [0, 0.05) is 41.7 Å². The smallest absolute Gasteiger partial charge is 0.308 e. The maximum Gasteiger partial charge on any atom is 0.308 e. The number of benzene rings is 2. The van der Waals surface area contributed by atoms with Crippen molar-refractivity contribution in [2.75, 3.05) is 19.4 Å². The fourth-order valence-corrected chi connectivity index (χ4v) is 3.68. The van der Waals surface area contributed by atoms with Crippen molar-refractivity contribution in [3.05, 3.63) is 87.7 Å². The fourth-order valence-electron chi connectivity index (χ4n) is 2.56. The number of rotatable bonds is 10. The average Bonchev–Trinajstić information content (AvgIpc) is 2.76. The normalized spacial score (nSPS) is 12.1. The number of aliphatic carboxylic acids is 1. The average molecular weight is 507 g/mol. The van der Waals surface area contributed by atoms with Gasteiger partial charge >= 0.3 is 5.97 Å². The van der Waals surface area contributed by atoms with E-state index < -0.39 is 5.97 Å². The van der Waals surface area contributed by atoms with Gasteiger partial charge in [-0.05, 0) is 42.0 Å². The largest absolute Gasteiger partial charge is 0.481 e. The first kappa shape index (κ1) is 26.3. The van der Waals surface area contributed by atoms with Crippen molar-refractivity contribution in [2.24, 2.45) is 10.7 Å². The third kappa shape index (κ3) is 8.49. The monoisotopic (exact) mass is 506 g/mol. The second kappa shape index (κ2) is 12.3. The number of aliphatic imine (C=N–C) groups is 1. The summed E-state index contributed by atoms with van der Waals surface area (Å²) in [7, 11) is 3.37. The van der Waals surface area contributed by atoms with Crippen molar-refractivity contribution in [1.29, 1.82) is 0 Å². The lowest BCUT2D eigenvalue weighted by Gasteiger charge is -2.16. The lowest BCUT2D eigenvalue weighted by atomic mass is 10.2. The number of carbonyl (C=O) groups excluding carboxylic acids is 1. The Morgan fingerprint density at radius 1 is 1.15 bits per heavy atom. The molecule has 0 saturated heterocycles. The molecule has 33 heavy (non-hydrogen) atoms. The summed E-state index contributed by atoms with van der Waals surface area (Å²) >= 11 is 13.4. The maximum absolute atomic E-state index is 12.3. The minimum atomic E-state index is -1.07. The number of amides is 1. The summed E-state index contributed by atoms with van der Waals surface area (Å²) in [5, 5.41) is 12.9. The molecule has 0 atom stereocenters. The highest BCUT2D eigenvalue weighted by Gasteiger charge is 2.16. The van der Waals surface area contributed by atoms with E-state index in [4.69, 9.17) is 34.0 Å². The van der Waals surface area contributed by atoms with Gasteiger partial charge in [0.2, 0.25) is 0 Å². The zero-order valence-electron chi connectivity index (χ0n) is 18.1.